The maximum absolute atomic E-state index is 12.7. The zero-order chi connectivity index (χ0) is 11.1. The number of halogens is 3. The first-order chi connectivity index (χ1) is 6.98. The lowest BCUT2D eigenvalue weighted by atomic mass is 9.70. The maximum Gasteiger partial charge on any atom is 0.392 e. The molecule has 1 fully saturated rings. The van der Waals surface area contributed by atoms with E-state index >= 15 is 0 Å². The van der Waals surface area contributed by atoms with Crippen molar-refractivity contribution in [3.63, 3.8) is 0 Å². The summed E-state index contributed by atoms with van der Waals surface area (Å²) in [6, 6.07) is 0. The van der Waals surface area contributed by atoms with Gasteiger partial charge in [-0.15, -0.1) is 0 Å². The number of hydrogen-bond acceptors (Lipinski definition) is 1. The summed E-state index contributed by atoms with van der Waals surface area (Å²) in [5.74, 6) is -2.20. The molecule has 2 unspecified atom stereocenters. The van der Waals surface area contributed by atoms with Gasteiger partial charge in [-0.3, -0.25) is 4.79 Å². The van der Waals surface area contributed by atoms with Crippen LogP contribution in [0.4, 0.5) is 13.2 Å². The molecule has 0 radical (unpaired) electrons. The van der Waals surface area contributed by atoms with Gasteiger partial charge in [0.1, 0.15) is 0 Å². The van der Waals surface area contributed by atoms with Crippen molar-refractivity contribution in [1.82, 2.24) is 0 Å². The van der Waals surface area contributed by atoms with E-state index in [0.29, 0.717) is 12.8 Å². The third kappa shape index (κ3) is 2.08. The van der Waals surface area contributed by atoms with Crippen LogP contribution in [0.5, 0.6) is 0 Å². The highest BCUT2D eigenvalue weighted by atomic mass is 19.4. The Morgan fingerprint density at radius 3 is 2.67 bits per heavy atom. The van der Waals surface area contributed by atoms with Crippen LogP contribution >= 0.6 is 0 Å². The summed E-state index contributed by atoms with van der Waals surface area (Å²) in [5, 5.41) is 0. The zero-order valence-corrected chi connectivity index (χ0v) is 8.31. The molecule has 0 saturated heterocycles. The molecule has 0 aliphatic heterocycles. The second-order valence-electron chi connectivity index (χ2n) is 4.39. The van der Waals surface area contributed by atoms with Gasteiger partial charge in [-0.1, -0.05) is 12.0 Å². The van der Waals surface area contributed by atoms with Crippen molar-refractivity contribution in [3.8, 4) is 0 Å². The van der Waals surface area contributed by atoms with E-state index in [1.54, 1.807) is 0 Å². The highest BCUT2D eigenvalue weighted by molar-refractivity contribution is 5.91. The second-order valence-corrected chi connectivity index (χ2v) is 4.39. The van der Waals surface area contributed by atoms with E-state index < -0.39 is 18.0 Å². The predicted octanol–water partition coefficient (Wildman–Crippen LogP) is 3.25. The molecule has 0 heterocycles. The van der Waals surface area contributed by atoms with Crippen LogP contribution in [-0.4, -0.2) is 12.0 Å². The molecule has 0 spiro atoms. The number of carbonyl (C=O) groups excluding carboxylic acids is 1. The summed E-state index contributed by atoms with van der Waals surface area (Å²) in [7, 11) is 0. The molecule has 2 rings (SSSR count). The van der Waals surface area contributed by atoms with E-state index in [0.717, 1.165) is 18.4 Å². The van der Waals surface area contributed by atoms with Gasteiger partial charge in [-0.2, -0.15) is 13.2 Å². The Hall–Kier alpha value is -0.800. The largest absolute Gasteiger partial charge is 0.392 e. The normalized spacial score (nSPS) is 32.2. The Morgan fingerprint density at radius 2 is 2.00 bits per heavy atom. The summed E-state index contributed by atoms with van der Waals surface area (Å²) < 4.78 is 38.1. The van der Waals surface area contributed by atoms with Gasteiger partial charge >= 0.3 is 6.18 Å². The van der Waals surface area contributed by atoms with Crippen molar-refractivity contribution < 1.29 is 18.0 Å². The van der Waals surface area contributed by atoms with Gasteiger partial charge in [0, 0.05) is 6.42 Å². The maximum atomic E-state index is 12.7. The number of rotatable bonds is 0. The zero-order valence-electron chi connectivity index (χ0n) is 8.31. The fraction of sp³-hybridized carbons (Fsp3) is 0.727. The van der Waals surface area contributed by atoms with E-state index in [1.807, 2.05) is 0 Å². The Morgan fingerprint density at radius 1 is 1.27 bits per heavy atom. The first-order valence-electron chi connectivity index (χ1n) is 5.28. The highest BCUT2D eigenvalue weighted by Gasteiger charge is 2.48. The van der Waals surface area contributed by atoms with Crippen LogP contribution in [0.1, 0.15) is 32.1 Å². The van der Waals surface area contributed by atoms with Gasteiger partial charge in [-0.05, 0) is 31.3 Å². The molecule has 2 aliphatic rings. The van der Waals surface area contributed by atoms with Crippen LogP contribution in [0.15, 0.2) is 11.6 Å². The summed E-state index contributed by atoms with van der Waals surface area (Å²) in [5.41, 5.74) is 0.736. The molecule has 0 aromatic heterocycles. The summed E-state index contributed by atoms with van der Waals surface area (Å²) >= 11 is 0. The van der Waals surface area contributed by atoms with Gasteiger partial charge in [0.25, 0.3) is 0 Å². The average molecular weight is 218 g/mol. The Balaban J connectivity index is 2.27. The summed E-state index contributed by atoms with van der Waals surface area (Å²) in [6.45, 7) is 0. The molecule has 0 amide bonds. The van der Waals surface area contributed by atoms with E-state index in [4.69, 9.17) is 0 Å². The molecule has 0 N–H and O–H groups in total. The lowest BCUT2D eigenvalue weighted by molar-refractivity contribution is -0.191. The quantitative estimate of drug-likeness (QED) is 0.610. The van der Waals surface area contributed by atoms with Crippen LogP contribution < -0.4 is 0 Å². The number of ketones is 1. The number of hydrogen-bond donors (Lipinski definition) is 0. The summed E-state index contributed by atoms with van der Waals surface area (Å²) in [4.78, 5) is 11.2. The number of fused-ring (bicyclic) bond motifs is 1. The van der Waals surface area contributed by atoms with Gasteiger partial charge in [0.2, 0.25) is 0 Å². The van der Waals surface area contributed by atoms with Gasteiger partial charge in [0.05, 0.1) is 5.92 Å². The fourth-order valence-corrected chi connectivity index (χ4v) is 2.67. The minimum atomic E-state index is -4.23. The molecule has 1 nitrogen and oxygen atoms in total. The minimum absolute atomic E-state index is 0.350. The van der Waals surface area contributed by atoms with E-state index in [1.165, 1.54) is 6.08 Å². The van der Waals surface area contributed by atoms with Gasteiger partial charge in [0.15, 0.2) is 5.78 Å². The molecule has 0 bridgehead atoms. The van der Waals surface area contributed by atoms with Crippen molar-refractivity contribution in [3.05, 3.63) is 11.6 Å². The van der Waals surface area contributed by atoms with Crippen molar-refractivity contribution in [2.75, 3.05) is 0 Å². The average Bonchev–Trinajstić information content (AvgIpc) is 2.15. The fourth-order valence-electron chi connectivity index (χ4n) is 2.67. The first kappa shape index (κ1) is 10.7. The minimum Gasteiger partial charge on any atom is -0.295 e. The lowest BCUT2D eigenvalue weighted by Crippen LogP contribution is -2.37. The lowest BCUT2D eigenvalue weighted by Gasteiger charge is -2.36. The Labute approximate surface area is 86.3 Å². The molecule has 84 valence electrons. The van der Waals surface area contributed by atoms with Crippen molar-refractivity contribution in [1.29, 1.82) is 0 Å². The Kier molecular flexibility index (Phi) is 2.61. The van der Waals surface area contributed by atoms with Crippen LogP contribution in [0.2, 0.25) is 0 Å². The van der Waals surface area contributed by atoms with Gasteiger partial charge in [-0.25, -0.2) is 0 Å². The second kappa shape index (κ2) is 3.65. The number of allylic oxidation sites excluding steroid dienone is 2. The molecule has 4 heteroatoms. The Bertz CT molecular complexity index is 303. The molecule has 15 heavy (non-hydrogen) atoms. The van der Waals surface area contributed by atoms with Crippen LogP contribution in [-0.2, 0) is 4.79 Å². The predicted molar refractivity (Wildman–Crippen MR) is 49.2 cm³/mol. The standard InChI is InChI=1S/C11H13F3O/c12-11(13,14)10-6-8(15)5-7-3-1-2-4-9(7)10/h5,9-10H,1-4,6H2. The van der Waals surface area contributed by atoms with Gasteiger partial charge < -0.3 is 0 Å². The SMILES string of the molecule is O=C1C=C2CCCCC2C(C(F)(F)F)C1. The van der Waals surface area contributed by atoms with E-state index in [9.17, 15) is 18.0 Å². The smallest absolute Gasteiger partial charge is 0.295 e. The van der Waals surface area contributed by atoms with E-state index in [-0.39, 0.29) is 12.2 Å². The monoisotopic (exact) mass is 218 g/mol. The molecule has 2 aliphatic carbocycles. The van der Waals surface area contributed by atoms with Crippen LogP contribution in [0, 0.1) is 11.8 Å². The topological polar surface area (TPSA) is 17.1 Å². The van der Waals surface area contributed by atoms with Crippen LogP contribution in [0.25, 0.3) is 0 Å². The highest BCUT2D eigenvalue weighted by Crippen LogP contribution is 2.46. The first-order valence-corrected chi connectivity index (χ1v) is 5.28. The van der Waals surface area contributed by atoms with Crippen molar-refractivity contribution in [2.24, 2.45) is 11.8 Å². The number of alkyl halides is 3. The molecular weight excluding hydrogens is 205 g/mol. The third-order valence-corrected chi connectivity index (χ3v) is 3.38. The molecule has 1 saturated carbocycles. The summed E-state index contributed by atoms with van der Waals surface area (Å²) in [6.07, 6.45) is -0.101. The van der Waals surface area contributed by atoms with Crippen molar-refractivity contribution >= 4 is 5.78 Å². The molecule has 0 aromatic rings. The number of carbonyl (C=O) groups is 1. The molecule has 0 aromatic carbocycles. The van der Waals surface area contributed by atoms with Crippen LogP contribution in [0.3, 0.4) is 0 Å². The molecule has 2 atom stereocenters. The van der Waals surface area contributed by atoms with E-state index in [2.05, 4.69) is 0 Å². The third-order valence-electron chi connectivity index (χ3n) is 3.38. The van der Waals surface area contributed by atoms with Crippen molar-refractivity contribution in [2.45, 2.75) is 38.3 Å². The molecular formula is C11H13F3O.